The fourth-order valence-corrected chi connectivity index (χ4v) is 6.85. The zero-order valence-corrected chi connectivity index (χ0v) is 25.7. The molecule has 5 N–H and O–H groups in total. The monoisotopic (exact) mass is 638 g/mol. The van der Waals surface area contributed by atoms with E-state index < -0.39 is 57.8 Å². The Morgan fingerprint density at radius 3 is 2.30 bits per heavy atom. The molecule has 2 bridgehead atoms. The molecule has 3 unspecified atom stereocenters. The SMILES string of the molecule is CC(C)C[C@H](NC(=O)OC1CC2CCC(C1)N2C(=O)OCc1ccccc1)C(=O)N[C@@H](C[C@H]1CCNC1=O)C(O)S(=O)(=O)O. The molecule has 3 heterocycles. The summed E-state index contributed by atoms with van der Waals surface area (Å²) in [6.07, 6.45) is 0.881. The van der Waals surface area contributed by atoms with E-state index in [0.717, 1.165) is 18.4 Å². The molecule has 3 aliphatic rings. The van der Waals surface area contributed by atoms with Crippen LogP contribution in [0.2, 0.25) is 0 Å². The van der Waals surface area contributed by atoms with Crippen molar-refractivity contribution < 1.29 is 46.7 Å². The number of ether oxygens (including phenoxy) is 2. The number of nitrogens with one attached hydrogen (secondary N) is 3. The van der Waals surface area contributed by atoms with Crippen LogP contribution < -0.4 is 16.0 Å². The quantitative estimate of drug-likeness (QED) is 0.210. The van der Waals surface area contributed by atoms with Gasteiger partial charge in [-0.1, -0.05) is 44.2 Å². The minimum absolute atomic E-state index is 0.0717. The molecule has 4 rings (SSSR count). The van der Waals surface area contributed by atoms with Crippen LogP contribution in [0.4, 0.5) is 9.59 Å². The smallest absolute Gasteiger partial charge is 0.410 e. The van der Waals surface area contributed by atoms with Crippen LogP contribution in [0.5, 0.6) is 0 Å². The second-order valence-corrected chi connectivity index (χ2v) is 13.7. The molecule has 14 nitrogen and oxygen atoms in total. The molecule has 0 saturated carbocycles. The molecule has 6 atom stereocenters. The molecule has 3 aliphatic heterocycles. The van der Waals surface area contributed by atoms with Crippen LogP contribution in [0.3, 0.4) is 0 Å². The number of aliphatic hydroxyl groups is 1. The van der Waals surface area contributed by atoms with E-state index in [0.29, 0.717) is 25.8 Å². The van der Waals surface area contributed by atoms with E-state index in [2.05, 4.69) is 16.0 Å². The van der Waals surface area contributed by atoms with Crippen molar-refractivity contribution in [3.63, 3.8) is 0 Å². The Bertz CT molecular complexity index is 1280. The molecular weight excluding hydrogens is 596 g/mol. The molecule has 3 fully saturated rings. The molecular formula is C29H42N4O10S. The standard InChI is InChI=1S/C29H42N4O10S/c1-17(2)12-23(26(35)31-24(27(36)44(39,40)41)13-19-10-11-30-25(19)34)32-28(37)43-22-14-20-8-9-21(15-22)33(20)29(38)42-16-18-6-4-3-5-7-18/h3-7,17,19-24,27,36H,8-16H2,1-2H3,(H,30,34)(H,31,35)(H,32,37)(H,39,40,41)/t19-,20?,21?,22?,23+,24+,27?/m1/s1. The summed E-state index contributed by atoms with van der Waals surface area (Å²) >= 11 is 0. The van der Waals surface area contributed by atoms with E-state index in [1.54, 1.807) is 4.90 Å². The highest BCUT2D eigenvalue weighted by Gasteiger charge is 2.45. The number of alkyl carbamates (subject to hydrolysis) is 1. The molecule has 15 heteroatoms. The molecule has 4 amide bonds. The third-order valence-corrected chi connectivity index (χ3v) is 9.31. The van der Waals surface area contributed by atoms with Crippen LogP contribution in [0.25, 0.3) is 0 Å². The van der Waals surface area contributed by atoms with Crippen molar-refractivity contribution in [3.05, 3.63) is 35.9 Å². The summed E-state index contributed by atoms with van der Waals surface area (Å²) in [5.74, 6) is -1.89. The van der Waals surface area contributed by atoms with Crippen LogP contribution in [-0.4, -0.2) is 89.2 Å². The third-order valence-electron chi connectivity index (χ3n) is 8.37. The van der Waals surface area contributed by atoms with E-state index in [1.165, 1.54) is 0 Å². The van der Waals surface area contributed by atoms with Gasteiger partial charge in [0.25, 0.3) is 10.1 Å². The molecule has 0 spiro atoms. The highest BCUT2D eigenvalue weighted by molar-refractivity contribution is 7.86. The van der Waals surface area contributed by atoms with Gasteiger partial charge in [0.05, 0.1) is 6.04 Å². The number of carbonyl (C=O) groups is 4. The Labute approximate surface area is 257 Å². The van der Waals surface area contributed by atoms with E-state index in [1.807, 2.05) is 44.2 Å². The molecule has 0 aromatic heterocycles. The van der Waals surface area contributed by atoms with Crippen LogP contribution >= 0.6 is 0 Å². The van der Waals surface area contributed by atoms with Crippen LogP contribution in [0.15, 0.2) is 30.3 Å². The Balaban J connectivity index is 1.34. The number of aliphatic hydroxyl groups excluding tert-OH is 1. The normalized spacial score (nSPS) is 25.1. The highest BCUT2D eigenvalue weighted by atomic mass is 32.2. The largest absolute Gasteiger partial charge is 0.446 e. The lowest BCUT2D eigenvalue weighted by Gasteiger charge is -2.37. The van der Waals surface area contributed by atoms with Crippen molar-refractivity contribution in [2.24, 2.45) is 11.8 Å². The van der Waals surface area contributed by atoms with Gasteiger partial charge in [-0.15, -0.1) is 0 Å². The van der Waals surface area contributed by atoms with Crippen LogP contribution in [-0.2, 0) is 35.8 Å². The summed E-state index contributed by atoms with van der Waals surface area (Å²) in [6.45, 7) is 4.17. The Hall–Kier alpha value is -3.43. The van der Waals surface area contributed by atoms with Gasteiger partial charge in [0.1, 0.15) is 18.8 Å². The van der Waals surface area contributed by atoms with Gasteiger partial charge < -0.3 is 35.4 Å². The lowest BCUT2D eigenvalue weighted by molar-refractivity contribution is -0.126. The van der Waals surface area contributed by atoms with Crippen LogP contribution in [0, 0.1) is 11.8 Å². The fraction of sp³-hybridized carbons (Fsp3) is 0.655. The van der Waals surface area contributed by atoms with Gasteiger partial charge in [-0.2, -0.15) is 8.42 Å². The lowest BCUT2D eigenvalue weighted by atomic mass is 9.97. The van der Waals surface area contributed by atoms with Crippen molar-refractivity contribution in [1.29, 1.82) is 0 Å². The first kappa shape index (κ1) is 33.5. The summed E-state index contributed by atoms with van der Waals surface area (Å²) < 4.78 is 44.1. The molecule has 244 valence electrons. The van der Waals surface area contributed by atoms with E-state index in [9.17, 15) is 37.3 Å². The second kappa shape index (κ2) is 14.6. The Morgan fingerprint density at radius 1 is 1.07 bits per heavy atom. The number of benzene rings is 1. The first-order chi connectivity index (χ1) is 20.8. The number of amides is 4. The maximum atomic E-state index is 13.3. The molecule has 44 heavy (non-hydrogen) atoms. The van der Waals surface area contributed by atoms with Gasteiger partial charge in [-0.05, 0) is 43.6 Å². The Morgan fingerprint density at radius 2 is 1.73 bits per heavy atom. The molecule has 0 aliphatic carbocycles. The lowest BCUT2D eigenvalue weighted by Crippen LogP contribution is -2.55. The molecule has 0 radical (unpaired) electrons. The topological polar surface area (TPSA) is 201 Å². The van der Waals surface area contributed by atoms with Crippen molar-refractivity contribution in [2.45, 2.75) is 101 Å². The summed E-state index contributed by atoms with van der Waals surface area (Å²) in [4.78, 5) is 52.9. The predicted octanol–water partition coefficient (Wildman–Crippen LogP) is 1.68. The first-order valence-electron chi connectivity index (χ1n) is 15.0. The van der Waals surface area contributed by atoms with Crippen molar-refractivity contribution in [2.75, 3.05) is 6.54 Å². The Kier molecular flexibility index (Phi) is 11.1. The number of fused-ring (bicyclic) bond motifs is 2. The van der Waals surface area contributed by atoms with Gasteiger partial charge >= 0.3 is 12.2 Å². The molecule has 3 saturated heterocycles. The summed E-state index contributed by atoms with van der Waals surface area (Å²) in [5.41, 5.74) is -1.49. The van der Waals surface area contributed by atoms with Crippen molar-refractivity contribution in [1.82, 2.24) is 20.9 Å². The number of nitrogens with zero attached hydrogens (tertiary/aromatic N) is 1. The first-order valence-corrected chi connectivity index (χ1v) is 16.5. The highest BCUT2D eigenvalue weighted by Crippen LogP contribution is 2.37. The second-order valence-electron chi connectivity index (χ2n) is 12.2. The van der Waals surface area contributed by atoms with Crippen molar-refractivity contribution >= 4 is 34.1 Å². The number of piperidine rings is 1. The summed E-state index contributed by atoms with van der Waals surface area (Å²) in [7, 11) is -4.97. The van der Waals surface area contributed by atoms with Gasteiger partial charge in [-0.25, -0.2) is 9.59 Å². The number of hydrogen-bond donors (Lipinski definition) is 5. The number of hydrogen-bond acceptors (Lipinski definition) is 9. The predicted molar refractivity (Wildman–Crippen MR) is 156 cm³/mol. The minimum Gasteiger partial charge on any atom is -0.446 e. The zero-order valence-electron chi connectivity index (χ0n) is 24.9. The molecule has 1 aromatic rings. The average molecular weight is 639 g/mol. The van der Waals surface area contributed by atoms with Gasteiger partial charge in [0.2, 0.25) is 17.3 Å². The van der Waals surface area contributed by atoms with Gasteiger partial charge in [0, 0.05) is 37.4 Å². The van der Waals surface area contributed by atoms with Gasteiger partial charge in [0.15, 0.2) is 0 Å². The third kappa shape index (κ3) is 8.82. The maximum Gasteiger partial charge on any atom is 0.410 e. The van der Waals surface area contributed by atoms with Crippen LogP contribution in [0.1, 0.15) is 64.4 Å². The summed E-state index contributed by atoms with van der Waals surface area (Å²) in [6, 6.07) is 6.41. The minimum atomic E-state index is -4.97. The number of rotatable bonds is 12. The average Bonchev–Trinajstić information content (AvgIpc) is 3.49. The van der Waals surface area contributed by atoms with Crippen molar-refractivity contribution in [3.8, 4) is 0 Å². The van der Waals surface area contributed by atoms with E-state index in [4.69, 9.17) is 9.47 Å². The number of carbonyl (C=O) groups excluding carboxylic acids is 4. The van der Waals surface area contributed by atoms with E-state index in [-0.39, 0.29) is 43.4 Å². The zero-order chi connectivity index (χ0) is 32.0. The molecule has 1 aromatic carbocycles. The van der Waals surface area contributed by atoms with E-state index >= 15 is 0 Å². The maximum absolute atomic E-state index is 13.3. The van der Waals surface area contributed by atoms with Gasteiger partial charge in [-0.3, -0.25) is 14.1 Å². The fourth-order valence-electron chi connectivity index (χ4n) is 6.26. The summed E-state index contributed by atoms with van der Waals surface area (Å²) in [5, 5.41) is 17.8.